The SMILES string of the molecule is CCC1CC(CC(=O)N2CCc3c(C(F)(F)F)nn(Cc4ccc(F)cc4)c3C2)CCN1C(=O)O. The van der Waals surface area contributed by atoms with Crippen molar-refractivity contribution in [3.8, 4) is 0 Å². The van der Waals surface area contributed by atoms with Gasteiger partial charge in [-0.25, -0.2) is 9.18 Å². The highest BCUT2D eigenvalue weighted by Gasteiger charge is 2.41. The predicted molar refractivity (Wildman–Crippen MR) is 118 cm³/mol. The zero-order chi connectivity index (χ0) is 25.3. The first-order chi connectivity index (χ1) is 16.6. The maximum atomic E-state index is 13.7. The van der Waals surface area contributed by atoms with Crippen LogP contribution in [0.2, 0.25) is 0 Å². The monoisotopic (exact) mass is 496 g/mol. The minimum Gasteiger partial charge on any atom is -0.465 e. The van der Waals surface area contributed by atoms with Crippen molar-refractivity contribution in [3.63, 3.8) is 0 Å². The molecule has 2 atom stereocenters. The lowest BCUT2D eigenvalue weighted by Gasteiger charge is -2.38. The van der Waals surface area contributed by atoms with Crippen LogP contribution in [-0.4, -0.2) is 55.8 Å². The average molecular weight is 497 g/mol. The van der Waals surface area contributed by atoms with Gasteiger partial charge in [0.2, 0.25) is 5.91 Å². The minimum absolute atomic E-state index is 0.0175. The Morgan fingerprint density at radius 2 is 1.89 bits per heavy atom. The number of rotatable bonds is 5. The molecule has 7 nitrogen and oxygen atoms in total. The van der Waals surface area contributed by atoms with Gasteiger partial charge < -0.3 is 14.9 Å². The van der Waals surface area contributed by atoms with Gasteiger partial charge in [0, 0.05) is 31.1 Å². The first kappa shape index (κ1) is 25.0. The Balaban J connectivity index is 1.50. The quantitative estimate of drug-likeness (QED) is 0.617. The Morgan fingerprint density at radius 3 is 2.51 bits per heavy atom. The average Bonchev–Trinajstić information content (AvgIpc) is 3.18. The van der Waals surface area contributed by atoms with Crippen LogP contribution < -0.4 is 0 Å². The molecule has 1 fully saturated rings. The fourth-order valence-electron chi connectivity index (χ4n) is 5.15. The van der Waals surface area contributed by atoms with E-state index in [1.807, 2.05) is 6.92 Å². The van der Waals surface area contributed by atoms with Gasteiger partial charge in [0.15, 0.2) is 5.69 Å². The normalized spacial score (nSPS) is 20.6. The maximum absolute atomic E-state index is 13.7. The van der Waals surface area contributed by atoms with Crippen LogP contribution in [0.15, 0.2) is 24.3 Å². The second-order valence-electron chi connectivity index (χ2n) is 9.25. The molecule has 2 aromatic rings. The molecule has 2 unspecified atom stereocenters. The van der Waals surface area contributed by atoms with E-state index in [1.54, 1.807) is 4.90 Å². The molecule has 1 aromatic carbocycles. The summed E-state index contributed by atoms with van der Waals surface area (Å²) in [7, 11) is 0. The molecule has 1 aromatic heterocycles. The van der Waals surface area contributed by atoms with E-state index in [0.717, 1.165) is 0 Å². The van der Waals surface area contributed by atoms with E-state index in [0.29, 0.717) is 37.1 Å². The summed E-state index contributed by atoms with van der Waals surface area (Å²) < 4.78 is 55.5. The van der Waals surface area contributed by atoms with Crippen LogP contribution in [0.4, 0.5) is 22.4 Å². The van der Waals surface area contributed by atoms with Gasteiger partial charge in [-0.05, 0) is 49.3 Å². The molecule has 1 N–H and O–H groups in total. The number of aromatic nitrogens is 2. The summed E-state index contributed by atoms with van der Waals surface area (Å²) >= 11 is 0. The van der Waals surface area contributed by atoms with E-state index in [9.17, 15) is 32.3 Å². The zero-order valence-electron chi connectivity index (χ0n) is 19.4. The number of fused-ring (bicyclic) bond motifs is 1. The van der Waals surface area contributed by atoms with Crippen LogP contribution >= 0.6 is 0 Å². The largest absolute Gasteiger partial charge is 0.465 e. The molecule has 4 rings (SSSR count). The predicted octanol–water partition coefficient (Wildman–Crippen LogP) is 4.53. The standard InChI is InChI=1S/C24H28F4N4O3/c1-2-18-11-16(7-10-31(18)23(34)35)12-21(33)30-9-8-19-20(14-30)32(29-22(19)24(26,27)28)13-15-3-5-17(25)6-4-15/h3-6,16,18H,2,7-14H2,1H3,(H,34,35). The van der Waals surface area contributed by atoms with Crippen molar-refractivity contribution in [2.45, 2.75) is 64.3 Å². The highest BCUT2D eigenvalue weighted by Crippen LogP contribution is 2.36. The second-order valence-corrected chi connectivity index (χ2v) is 9.25. The summed E-state index contributed by atoms with van der Waals surface area (Å²) in [6, 6.07) is 5.33. The van der Waals surface area contributed by atoms with Crippen molar-refractivity contribution in [3.05, 3.63) is 52.6 Å². The fraction of sp³-hybridized carbons (Fsp3) is 0.542. The number of carbonyl (C=O) groups excluding carboxylic acids is 1. The van der Waals surface area contributed by atoms with Gasteiger partial charge in [0.25, 0.3) is 0 Å². The summed E-state index contributed by atoms with van der Waals surface area (Å²) in [4.78, 5) is 27.5. The molecule has 35 heavy (non-hydrogen) atoms. The Bertz CT molecular complexity index is 1080. The van der Waals surface area contributed by atoms with Crippen molar-refractivity contribution in [2.75, 3.05) is 13.1 Å². The molecule has 0 saturated carbocycles. The molecular weight excluding hydrogens is 468 g/mol. The van der Waals surface area contributed by atoms with E-state index >= 15 is 0 Å². The molecule has 3 heterocycles. The number of alkyl halides is 3. The van der Waals surface area contributed by atoms with Gasteiger partial charge in [-0.2, -0.15) is 18.3 Å². The lowest BCUT2D eigenvalue weighted by Crippen LogP contribution is -2.46. The number of piperidine rings is 1. The highest BCUT2D eigenvalue weighted by atomic mass is 19.4. The van der Waals surface area contributed by atoms with Gasteiger partial charge in [-0.15, -0.1) is 0 Å². The van der Waals surface area contributed by atoms with Crippen LogP contribution in [-0.2, 0) is 30.5 Å². The summed E-state index contributed by atoms with van der Waals surface area (Å²) in [6.45, 7) is 2.51. The number of carboxylic acid groups (broad SMARTS) is 1. The molecule has 2 aliphatic rings. The first-order valence-electron chi connectivity index (χ1n) is 11.7. The number of hydrogen-bond donors (Lipinski definition) is 1. The number of benzene rings is 1. The van der Waals surface area contributed by atoms with Gasteiger partial charge in [-0.3, -0.25) is 9.48 Å². The lowest BCUT2D eigenvalue weighted by molar-refractivity contribution is -0.142. The highest BCUT2D eigenvalue weighted by molar-refractivity contribution is 5.77. The van der Waals surface area contributed by atoms with E-state index in [-0.39, 0.29) is 55.9 Å². The Morgan fingerprint density at radius 1 is 1.17 bits per heavy atom. The molecular formula is C24H28F4N4O3. The molecule has 0 spiro atoms. The number of carbonyl (C=O) groups is 2. The molecule has 2 aliphatic heterocycles. The van der Waals surface area contributed by atoms with Crippen molar-refractivity contribution in [1.29, 1.82) is 0 Å². The molecule has 2 amide bonds. The van der Waals surface area contributed by atoms with Crippen LogP contribution in [0.5, 0.6) is 0 Å². The molecule has 190 valence electrons. The summed E-state index contributed by atoms with van der Waals surface area (Å²) in [5, 5.41) is 13.2. The summed E-state index contributed by atoms with van der Waals surface area (Å²) in [6.07, 6.45) is -3.46. The van der Waals surface area contributed by atoms with Crippen molar-refractivity contribution in [2.24, 2.45) is 5.92 Å². The van der Waals surface area contributed by atoms with Gasteiger partial charge in [0.05, 0.1) is 18.8 Å². The van der Waals surface area contributed by atoms with Crippen molar-refractivity contribution >= 4 is 12.0 Å². The second kappa shape index (κ2) is 9.87. The third-order valence-electron chi connectivity index (χ3n) is 7.01. The van der Waals surface area contributed by atoms with E-state index in [1.165, 1.54) is 33.8 Å². The van der Waals surface area contributed by atoms with Crippen LogP contribution in [0, 0.1) is 11.7 Å². The first-order valence-corrected chi connectivity index (χ1v) is 11.7. The number of amides is 2. The van der Waals surface area contributed by atoms with Gasteiger partial charge in [0.1, 0.15) is 5.82 Å². The molecule has 0 bridgehead atoms. The van der Waals surface area contributed by atoms with Crippen LogP contribution in [0.25, 0.3) is 0 Å². The van der Waals surface area contributed by atoms with Crippen molar-refractivity contribution < 1.29 is 32.3 Å². The third-order valence-corrected chi connectivity index (χ3v) is 7.01. The zero-order valence-corrected chi connectivity index (χ0v) is 19.4. The Kier molecular flexibility index (Phi) is 7.05. The molecule has 1 saturated heterocycles. The van der Waals surface area contributed by atoms with Crippen LogP contribution in [0.3, 0.4) is 0 Å². The Labute approximate surface area is 200 Å². The van der Waals surface area contributed by atoms with E-state index in [4.69, 9.17) is 0 Å². The molecule has 0 radical (unpaired) electrons. The molecule has 11 heteroatoms. The molecule has 0 aliphatic carbocycles. The summed E-state index contributed by atoms with van der Waals surface area (Å²) in [5.41, 5.74) is 0.107. The van der Waals surface area contributed by atoms with Crippen LogP contribution in [0.1, 0.15) is 55.1 Å². The maximum Gasteiger partial charge on any atom is 0.435 e. The number of halogens is 4. The van der Waals surface area contributed by atoms with E-state index in [2.05, 4.69) is 5.10 Å². The third kappa shape index (κ3) is 5.43. The van der Waals surface area contributed by atoms with Gasteiger partial charge >= 0.3 is 12.3 Å². The van der Waals surface area contributed by atoms with E-state index < -0.39 is 23.8 Å². The topological polar surface area (TPSA) is 78.7 Å². The number of nitrogens with zero attached hydrogens (tertiary/aromatic N) is 4. The summed E-state index contributed by atoms with van der Waals surface area (Å²) in [5.74, 6) is -0.565. The minimum atomic E-state index is -4.61. The Hall–Kier alpha value is -3.11. The smallest absolute Gasteiger partial charge is 0.435 e. The number of hydrogen-bond acceptors (Lipinski definition) is 3. The van der Waals surface area contributed by atoms with Crippen molar-refractivity contribution in [1.82, 2.24) is 19.6 Å². The fourth-order valence-corrected chi connectivity index (χ4v) is 5.15. The number of likely N-dealkylation sites (tertiary alicyclic amines) is 1. The lowest BCUT2D eigenvalue weighted by atomic mass is 9.87. The van der Waals surface area contributed by atoms with Gasteiger partial charge in [-0.1, -0.05) is 19.1 Å².